The van der Waals surface area contributed by atoms with Crippen molar-refractivity contribution in [2.24, 2.45) is 5.73 Å². The number of pyridine rings is 1. The maximum absolute atomic E-state index is 13.0. The van der Waals surface area contributed by atoms with E-state index in [2.05, 4.69) is 10.3 Å². The van der Waals surface area contributed by atoms with Crippen molar-refractivity contribution in [2.75, 3.05) is 13.7 Å². The fraction of sp³-hybridized carbons (Fsp3) is 0.167. The van der Waals surface area contributed by atoms with Gasteiger partial charge >= 0.3 is 6.03 Å². The number of rotatable bonds is 7. The van der Waals surface area contributed by atoms with Crippen LogP contribution in [0.4, 0.5) is 4.79 Å². The molecule has 2 heterocycles. The Morgan fingerprint density at radius 1 is 1.27 bits per heavy atom. The summed E-state index contributed by atoms with van der Waals surface area (Å²) < 4.78 is 5.20. The number of ether oxygens (including phenoxy) is 1. The Bertz CT molecular complexity index is 1290. The first-order chi connectivity index (χ1) is 15.8. The first-order valence-corrected chi connectivity index (χ1v) is 10.5. The summed E-state index contributed by atoms with van der Waals surface area (Å²) in [5.41, 5.74) is 6.08. The lowest BCUT2D eigenvalue weighted by Gasteiger charge is -2.32. The third-order valence-electron chi connectivity index (χ3n) is 5.50. The fourth-order valence-electron chi connectivity index (χ4n) is 3.83. The number of para-hydroxylation sites is 1. The second-order valence-corrected chi connectivity index (χ2v) is 8.09. The number of hydrogen-bond acceptors (Lipinski definition) is 5. The molecule has 3 N–H and O–H groups in total. The summed E-state index contributed by atoms with van der Waals surface area (Å²) in [5.74, 6) is 0.232. The number of nitrogens with one attached hydrogen (secondary N) is 1. The van der Waals surface area contributed by atoms with Crippen molar-refractivity contribution in [3.8, 4) is 5.75 Å². The van der Waals surface area contributed by atoms with Gasteiger partial charge in [-0.15, -0.1) is 0 Å². The van der Waals surface area contributed by atoms with Crippen LogP contribution in [0.1, 0.15) is 21.6 Å². The molecule has 33 heavy (non-hydrogen) atoms. The van der Waals surface area contributed by atoms with Crippen molar-refractivity contribution in [1.29, 1.82) is 0 Å². The molecule has 0 radical (unpaired) electrons. The number of primary amides is 1. The van der Waals surface area contributed by atoms with Gasteiger partial charge in [0.1, 0.15) is 5.75 Å². The highest BCUT2D eigenvalue weighted by atomic mass is 35.5. The maximum atomic E-state index is 13.0. The van der Waals surface area contributed by atoms with E-state index in [0.29, 0.717) is 23.3 Å². The largest absolute Gasteiger partial charge is 0.497 e. The van der Waals surface area contributed by atoms with Crippen LogP contribution in [0.2, 0.25) is 0 Å². The van der Waals surface area contributed by atoms with Crippen LogP contribution in [-0.4, -0.2) is 47.3 Å². The number of hydrogen-bond donors (Lipinski definition) is 2. The summed E-state index contributed by atoms with van der Waals surface area (Å²) in [7, 11) is 1.51. The number of amides is 3. The van der Waals surface area contributed by atoms with Gasteiger partial charge in [-0.2, -0.15) is 0 Å². The predicted molar refractivity (Wildman–Crippen MR) is 125 cm³/mol. The van der Waals surface area contributed by atoms with Crippen LogP contribution in [-0.2, 0) is 11.3 Å². The molecule has 0 bridgehead atoms. The van der Waals surface area contributed by atoms with E-state index >= 15 is 0 Å². The normalized spacial score (nSPS) is 15.2. The van der Waals surface area contributed by atoms with Crippen LogP contribution in [0, 0.1) is 0 Å². The molecule has 9 heteroatoms. The Balaban J connectivity index is 1.68. The topological polar surface area (TPSA) is 115 Å². The van der Waals surface area contributed by atoms with Gasteiger partial charge in [0.15, 0.2) is 11.8 Å². The lowest BCUT2D eigenvalue weighted by atomic mass is 9.98. The Morgan fingerprint density at radius 3 is 2.79 bits per heavy atom. The molecule has 0 saturated carbocycles. The average molecular weight is 465 g/mol. The maximum Gasteiger partial charge on any atom is 0.313 e. The molecule has 0 fully saturated rings. The molecule has 3 amide bonds. The quantitative estimate of drug-likeness (QED) is 0.521. The van der Waals surface area contributed by atoms with Crippen LogP contribution in [0.5, 0.6) is 5.75 Å². The van der Waals surface area contributed by atoms with Crippen molar-refractivity contribution < 1.29 is 19.1 Å². The van der Waals surface area contributed by atoms with Crippen molar-refractivity contribution in [3.63, 3.8) is 0 Å². The third kappa shape index (κ3) is 4.38. The smallest absolute Gasteiger partial charge is 0.313 e. The highest BCUT2D eigenvalue weighted by molar-refractivity contribution is 6.34. The summed E-state index contributed by atoms with van der Waals surface area (Å²) >= 11 is 6.58. The Labute approximate surface area is 195 Å². The summed E-state index contributed by atoms with van der Waals surface area (Å²) in [4.78, 5) is 43.1. The van der Waals surface area contributed by atoms with E-state index < -0.39 is 11.6 Å². The fourth-order valence-corrected chi connectivity index (χ4v) is 4.10. The van der Waals surface area contributed by atoms with Crippen molar-refractivity contribution >= 4 is 46.8 Å². The van der Waals surface area contributed by atoms with Crippen LogP contribution < -0.4 is 15.8 Å². The summed E-state index contributed by atoms with van der Waals surface area (Å²) in [6.07, 6.45) is 1.96. The first-order valence-electron chi connectivity index (χ1n) is 10.1. The molecule has 2 aromatic carbocycles. The van der Waals surface area contributed by atoms with Gasteiger partial charge in [0, 0.05) is 17.5 Å². The minimum absolute atomic E-state index is 0.0274. The van der Waals surface area contributed by atoms with Crippen LogP contribution in [0.3, 0.4) is 0 Å². The van der Waals surface area contributed by atoms with Gasteiger partial charge in [0.25, 0.3) is 5.91 Å². The molecule has 1 aliphatic heterocycles. The molecule has 1 aromatic heterocycles. The molecule has 168 valence electrons. The first kappa shape index (κ1) is 22.3. The highest BCUT2D eigenvalue weighted by Crippen LogP contribution is 2.31. The number of aromatic nitrogens is 1. The predicted octanol–water partition coefficient (Wildman–Crippen LogP) is 3.09. The number of halogens is 1. The Hall–Kier alpha value is -3.91. The van der Waals surface area contributed by atoms with E-state index in [4.69, 9.17) is 22.1 Å². The van der Waals surface area contributed by atoms with Crippen molar-refractivity contribution in [1.82, 2.24) is 15.2 Å². The molecule has 4 rings (SSSR count). The molecule has 3 aromatic rings. The van der Waals surface area contributed by atoms with E-state index in [1.54, 1.807) is 24.3 Å². The molecule has 0 unspecified atom stereocenters. The molecule has 0 saturated heterocycles. The van der Waals surface area contributed by atoms with Gasteiger partial charge in [-0.05, 0) is 35.9 Å². The SMILES string of the molecule is COc1ccc2c(c1)C(=O)N(C[C@](C=O)(NC(N)=O)/C(Cl)=C/c1ccc3ccccc3n1)C2. The zero-order chi connectivity index (χ0) is 23.6. The summed E-state index contributed by atoms with van der Waals surface area (Å²) in [6, 6.07) is 15.4. The summed E-state index contributed by atoms with van der Waals surface area (Å²) in [6.45, 7) is 0.0325. The Morgan fingerprint density at radius 2 is 2.06 bits per heavy atom. The number of aldehydes is 1. The highest BCUT2D eigenvalue weighted by Gasteiger charge is 2.41. The van der Waals surface area contributed by atoms with E-state index in [1.807, 2.05) is 30.3 Å². The van der Waals surface area contributed by atoms with Crippen LogP contribution >= 0.6 is 11.6 Å². The number of carbonyl (C=O) groups excluding carboxylic acids is 3. The summed E-state index contributed by atoms with van der Waals surface area (Å²) in [5, 5.41) is 3.34. The molecule has 1 aliphatic rings. The van der Waals surface area contributed by atoms with Gasteiger partial charge in [0.2, 0.25) is 0 Å². The minimum atomic E-state index is -1.75. The zero-order valence-electron chi connectivity index (χ0n) is 17.7. The van der Waals surface area contributed by atoms with Crippen molar-refractivity contribution in [3.05, 3.63) is 76.5 Å². The van der Waals surface area contributed by atoms with Crippen LogP contribution in [0.15, 0.2) is 59.6 Å². The second-order valence-electron chi connectivity index (χ2n) is 7.68. The van der Waals surface area contributed by atoms with E-state index in [-0.39, 0.29) is 24.0 Å². The number of urea groups is 1. The lowest BCUT2D eigenvalue weighted by Crippen LogP contribution is -2.58. The van der Waals surface area contributed by atoms with E-state index in [0.717, 1.165) is 16.5 Å². The monoisotopic (exact) mass is 464 g/mol. The number of benzene rings is 2. The third-order valence-corrected chi connectivity index (χ3v) is 5.95. The molecule has 0 aliphatic carbocycles. The molecule has 1 atom stereocenters. The lowest BCUT2D eigenvalue weighted by molar-refractivity contribution is -0.112. The average Bonchev–Trinajstić information content (AvgIpc) is 3.12. The second kappa shape index (κ2) is 8.91. The van der Waals surface area contributed by atoms with Gasteiger partial charge in [-0.25, -0.2) is 9.78 Å². The van der Waals surface area contributed by atoms with E-state index in [9.17, 15) is 14.4 Å². The zero-order valence-corrected chi connectivity index (χ0v) is 18.5. The molecule has 8 nitrogen and oxygen atoms in total. The number of methoxy groups -OCH3 is 1. The Kier molecular flexibility index (Phi) is 6.02. The molecular formula is C24H21ClN4O4. The van der Waals surface area contributed by atoms with Gasteiger partial charge in [0.05, 0.1) is 29.9 Å². The number of nitrogens with two attached hydrogens (primary N) is 1. The standard InChI is InChI=1S/C24H21ClN4O4/c1-33-18-9-7-16-12-29(22(31)19(16)11-18)13-24(14-30,28-23(26)32)21(25)10-17-8-6-15-4-2-3-5-20(15)27-17/h2-11,14H,12-13H2,1H3,(H3,26,28,32)/b21-10-/t24-/m1/s1. The molecular weight excluding hydrogens is 444 g/mol. The minimum Gasteiger partial charge on any atom is -0.497 e. The van der Waals surface area contributed by atoms with Gasteiger partial charge in [-0.1, -0.05) is 41.9 Å². The number of nitrogens with zero attached hydrogens (tertiary/aromatic N) is 2. The van der Waals surface area contributed by atoms with Crippen LogP contribution in [0.25, 0.3) is 17.0 Å². The van der Waals surface area contributed by atoms with E-state index in [1.165, 1.54) is 18.1 Å². The molecule has 0 spiro atoms. The van der Waals surface area contributed by atoms with Gasteiger partial charge < -0.3 is 25.5 Å². The van der Waals surface area contributed by atoms with Gasteiger partial charge in [-0.3, -0.25) is 4.79 Å². The number of carbonyl (C=O) groups is 3. The van der Waals surface area contributed by atoms with Crippen molar-refractivity contribution in [2.45, 2.75) is 12.1 Å². The number of fused-ring (bicyclic) bond motifs is 2.